The molecule has 0 aliphatic carbocycles. The molecule has 0 radical (unpaired) electrons. The van der Waals surface area contributed by atoms with E-state index in [4.69, 9.17) is 27.9 Å². The van der Waals surface area contributed by atoms with Gasteiger partial charge in [0.15, 0.2) is 0 Å². The number of methoxy groups -OCH3 is 1. The van der Waals surface area contributed by atoms with Gasteiger partial charge in [0.2, 0.25) is 0 Å². The number of carbonyl (C=O) groups excluding carboxylic acids is 1. The summed E-state index contributed by atoms with van der Waals surface area (Å²) in [5.41, 5.74) is 1.21. The molecule has 4 rings (SSSR count). The third-order valence-electron chi connectivity index (χ3n) is 5.01. The monoisotopic (exact) mass is 519 g/mol. The molecule has 2 heterocycles. The van der Waals surface area contributed by atoms with Crippen molar-refractivity contribution in [3.63, 3.8) is 0 Å². The Kier molecular flexibility index (Phi) is 7.50. The molecule has 1 N–H and O–H groups in total. The van der Waals surface area contributed by atoms with Crippen molar-refractivity contribution in [2.75, 3.05) is 12.9 Å². The van der Waals surface area contributed by atoms with E-state index in [1.54, 1.807) is 24.5 Å². The average Bonchev–Trinajstić information content (AvgIpc) is 2.82. The molecule has 1 aromatic heterocycles. The van der Waals surface area contributed by atoms with Crippen LogP contribution in [0, 0.1) is 11.6 Å². The summed E-state index contributed by atoms with van der Waals surface area (Å²) in [5.74, 6) is -1.69. The number of nitrogens with one attached hydrogen (secondary N) is 1. The minimum absolute atomic E-state index is 0.0480. The van der Waals surface area contributed by atoms with Crippen LogP contribution in [0.3, 0.4) is 0 Å². The minimum atomic E-state index is -0.911. The zero-order valence-corrected chi connectivity index (χ0v) is 20.0. The first-order chi connectivity index (χ1) is 16.4. The van der Waals surface area contributed by atoms with Gasteiger partial charge in [-0.05, 0) is 36.4 Å². The Hall–Kier alpha value is -2.94. The Morgan fingerprint density at radius 3 is 2.56 bits per heavy atom. The molecular weight excluding hydrogens is 503 g/mol. The van der Waals surface area contributed by atoms with Gasteiger partial charge < -0.3 is 10.1 Å². The van der Waals surface area contributed by atoms with Gasteiger partial charge in [-0.25, -0.2) is 13.6 Å². The van der Waals surface area contributed by atoms with E-state index in [0.29, 0.717) is 22.0 Å². The summed E-state index contributed by atoms with van der Waals surface area (Å²) < 4.78 is 33.3. The normalized spacial score (nSPS) is 15.6. The summed E-state index contributed by atoms with van der Waals surface area (Å²) in [7, 11) is 1.27. The Morgan fingerprint density at radius 2 is 1.88 bits per heavy atom. The lowest BCUT2D eigenvalue weighted by atomic mass is 9.95. The number of hydrogen-bond donors (Lipinski definition) is 1. The number of pyridine rings is 1. The van der Waals surface area contributed by atoms with E-state index in [-0.39, 0.29) is 22.0 Å². The molecule has 0 bridgehead atoms. The highest BCUT2D eigenvalue weighted by Crippen LogP contribution is 2.38. The van der Waals surface area contributed by atoms with E-state index in [9.17, 15) is 13.6 Å². The molecule has 1 aliphatic heterocycles. The second kappa shape index (κ2) is 10.5. The van der Waals surface area contributed by atoms with Gasteiger partial charge in [0, 0.05) is 50.4 Å². The number of esters is 1. The largest absolute Gasteiger partial charge is 0.466 e. The van der Waals surface area contributed by atoms with Crippen LogP contribution in [0.5, 0.6) is 0 Å². The maximum atomic E-state index is 14.7. The maximum absolute atomic E-state index is 14.7. The van der Waals surface area contributed by atoms with Crippen LogP contribution in [0.1, 0.15) is 17.2 Å². The van der Waals surface area contributed by atoms with Gasteiger partial charge in [0.1, 0.15) is 23.5 Å². The standard InChI is InChI=1S/C24H17Cl2F2N3O2S/c1-33-24(32)21-20(12-34-15-6-8-29-9-7-15)30-23(17-5-3-14(27)11-19(17)28)31-22(21)16-4-2-13(25)10-18(16)26/h2-11,22H,12H2,1H3,(H,30,31). The van der Waals surface area contributed by atoms with Crippen molar-refractivity contribution in [2.45, 2.75) is 10.9 Å². The fourth-order valence-electron chi connectivity index (χ4n) is 3.42. The van der Waals surface area contributed by atoms with Crippen LogP contribution in [-0.4, -0.2) is 29.7 Å². The summed E-state index contributed by atoms with van der Waals surface area (Å²) in [6, 6.07) is 10.8. The molecule has 1 unspecified atom stereocenters. The first-order valence-electron chi connectivity index (χ1n) is 9.96. The lowest BCUT2D eigenvalue weighted by Crippen LogP contribution is -2.35. The van der Waals surface area contributed by atoms with Gasteiger partial charge in [-0.15, -0.1) is 11.8 Å². The van der Waals surface area contributed by atoms with Crippen LogP contribution in [-0.2, 0) is 9.53 Å². The molecule has 0 saturated carbocycles. The number of benzene rings is 2. The lowest BCUT2D eigenvalue weighted by molar-refractivity contribution is -0.136. The van der Waals surface area contributed by atoms with E-state index in [0.717, 1.165) is 17.0 Å². The zero-order chi connectivity index (χ0) is 24.2. The highest BCUT2D eigenvalue weighted by Gasteiger charge is 2.33. The summed E-state index contributed by atoms with van der Waals surface area (Å²) in [5, 5.41) is 3.75. The first-order valence-corrected chi connectivity index (χ1v) is 11.7. The molecular formula is C24H17Cl2F2N3O2S. The number of aromatic nitrogens is 1. The number of hydrogen-bond acceptors (Lipinski definition) is 6. The molecule has 1 aliphatic rings. The molecule has 1 atom stereocenters. The van der Waals surface area contributed by atoms with Crippen molar-refractivity contribution >= 4 is 46.8 Å². The Balaban J connectivity index is 1.85. The molecule has 2 aromatic carbocycles. The van der Waals surface area contributed by atoms with Crippen molar-refractivity contribution in [1.29, 1.82) is 0 Å². The third-order valence-corrected chi connectivity index (χ3v) is 6.61. The first kappa shape index (κ1) is 24.2. The average molecular weight is 520 g/mol. The van der Waals surface area contributed by atoms with Gasteiger partial charge >= 0.3 is 5.97 Å². The molecule has 0 fully saturated rings. The van der Waals surface area contributed by atoms with Crippen molar-refractivity contribution in [1.82, 2.24) is 10.3 Å². The fourth-order valence-corrected chi connectivity index (χ4v) is 4.78. The number of ether oxygens (including phenoxy) is 1. The van der Waals surface area contributed by atoms with Crippen molar-refractivity contribution < 1.29 is 18.3 Å². The zero-order valence-electron chi connectivity index (χ0n) is 17.7. The van der Waals surface area contributed by atoms with Crippen LogP contribution in [0.15, 0.2) is 82.1 Å². The number of nitrogens with zero attached hydrogens (tertiary/aromatic N) is 2. The second-order valence-electron chi connectivity index (χ2n) is 7.15. The maximum Gasteiger partial charge on any atom is 0.338 e. The minimum Gasteiger partial charge on any atom is -0.466 e. The van der Waals surface area contributed by atoms with E-state index in [1.807, 2.05) is 12.1 Å². The summed E-state index contributed by atoms with van der Waals surface area (Å²) >= 11 is 14.0. The van der Waals surface area contributed by atoms with Crippen LogP contribution in [0.4, 0.5) is 8.78 Å². The lowest BCUT2D eigenvalue weighted by Gasteiger charge is -2.28. The van der Waals surface area contributed by atoms with Gasteiger partial charge in [-0.1, -0.05) is 29.3 Å². The Labute approximate surface area is 208 Å². The number of carbonyl (C=O) groups is 1. The number of halogens is 4. The molecule has 34 heavy (non-hydrogen) atoms. The van der Waals surface area contributed by atoms with Gasteiger partial charge in [0.05, 0.1) is 18.2 Å². The predicted molar refractivity (Wildman–Crippen MR) is 129 cm³/mol. The number of aliphatic imine (C=N–C) groups is 1. The van der Waals surface area contributed by atoms with E-state index in [2.05, 4.69) is 15.3 Å². The van der Waals surface area contributed by atoms with Gasteiger partial charge in [0.25, 0.3) is 0 Å². The summed E-state index contributed by atoms with van der Waals surface area (Å²) in [6.07, 6.45) is 3.31. The van der Waals surface area contributed by atoms with E-state index < -0.39 is 23.6 Å². The van der Waals surface area contributed by atoms with Crippen LogP contribution in [0.2, 0.25) is 10.0 Å². The molecule has 5 nitrogen and oxygen atoms in total. The van der Waals surface area contributed by atoms with Gasteiger partial charge in [-0.3, -0.25) is 9.98 Å². The van der Waals surface area contributed by atoms with Crippen molar-refractivity contribution in [3.05, 3.63) is 105 Å². The topological polar surface area (TPSA) is 63.6 Å². The van der Waals surface area contributed by atoms with Crippen LogP contribution >= 0.6 is 35.0 Å². The van der Waals surface area contributed by atoms with E-state index >= 15 is 0 Å². The van der Waals surface area contributed by atoms with Crippen LogP contribution in [0.25, 0.3) is 0 Å². The molecule has 3 aromatic rings. The highest BCUT2D eigenvalue weighted by molar-refractivity contribution is 7.99. The number of rotatable bonds is 6. The number of amidine groups is 1. The summed E-state index contributed by atoms with van der Waals surface area (Å²) in [4.78, 5) is 22.4. The second-order valence-corrected chi connectivity index (χ2v) is 9.04. The SMILES string of the molecule is COC(=O)C1=C(CSc2ccncc2)NC(c2ccc(F)cc2F)=NC1c1ccc(Cl)cc1Cl. The molecule has 10 heteroatoms. The van der Waals surface area contributed by atoms with E-state index in [1.165, 1.54) is 31.0 Å². The fraction of sp³-hybridized carbons (Fsp3) is 0.125. The Bertz CT molecular complexity index is 1300. The smallest absolute Gasteiger partial charge is 0.338 e. The predicted octanol–water partition coefficient (Wildman–Crippen LogP) is 5.98. The molecule has 0 saturated heterocycles. The van der Waals surface area contributed by atoms with Crippen LogP contribution < -0.4 is 5.32 Å². The summed E-state index contributed by atoms with van der Waals surface area (Å²) in [6.45, 7) is 0. The van der Waals surface area contributed by atoms with Crippen molar-refractivity contribution in [2.24, 2.45) is 4.99 Å². The molecule has 0 amide bonds. The van der Waals surface area contributed by atoms with Crippen molar-refractivity contribution in [3.8, 4) is 0 Å². The number of thioether (sulfide) groups is 1. The molecule has 0 spiro atoms. The highest BCUT2D eigenvalue weighted by atomic mass is 35.5. The molecule has 174 valence electrons. The van der Waals surface area contributed by atoms with Gasteiger partial charge in [-0.2, -0.15) is 0 Å². The third kappa shape index (κ3) is 5.24. The Morgan fingerprint density at radius 1 is 1.12 bits per heavy atom. The quantitative estimate of drug-likeness (QED) is 0.320.